The first-order valence-corrected chi connectivity index (χ1v) is 10.6. The SMILES string of the molecule is CC[C@H](C)[C@@H]([C@@H](CC(=O)N1CCCC1)OC)N(C)C(=O)CNC(=O)C(C)(C)NC. The first-order valence-electron chi connectivity index (χ1n) is 10.6. The molecule has 0 spiro atoms. The molecule has 1 aliphatic rings. The van der Waals surface area contributed by atoms with Crippen molar-refractivity contribution in [2.45, 2.75) is 71.1 Å². The van der Waals surface area contributed by atoms with Gasteiger partial charge in [0, 0.05) is 27.2 Å². The second-order valence-electron chi connectivity index (χ2n) is 8.50. The number of methoxy groups -OCH3 is 1. The van der Waals surface area contributed by atoms with Gasteiger partial charge >= 0.3 is 0 Å². The van der Waals surface area contributed by atoms with Crippen molar-refractivity contribution in [1.29, 1.82) is 0 Å². The lowest BCUT2D eigenvalue weighted by Crippen LogP contribution is -2.55. The number of carbonyl (C=O) groups excluding carboxylic acids is 3. The van der Waals surface area contributed by atoms with Crippen molar-refractivity contribution in [2.75, 3.05) is 40.8 Å². The molecule has 0 unspecified atom stereocenters. The number of ether oxygens (including phenoxy) is 1. The third-order valence-electron chi connectivity index (χ3n) is 6.18. The monoisotopic (exact) mass is 412 g/mol. The molecular weight excluding hydrogens is 372 g/mol. The summed E-state index contributed by atoms with van der Waals surface area (Å²) in [5, 5.41) is 5.62. The van der Waals surface area contributed by atoms with Crippen LogP contribution >= 0.6 is 0 Å². The maximum Gasteiger partial charge on any atom is 0.242 e. The molecule has 0 aromatic carbocycles. The van der Waals surface area contributed by atoms with Crippen LogP contribution in [0.15, 0.2) is 0 Å². The Hall–Kier alpha value is -1.67. The van der Waals surface area contributed by atoms with Gasteiger partial charge in [-0.2, -0.15) is 0 Å². The van der Waals surface area contributed by atoms with Crippen LogP contribution in [0.5, 0.6) is 0 Å². The number of rotatable bonds is 11. The number of nitrogens with one attached hydrogen (secondary N) is 2. The number of hydrogen-bond acceptors (Lipinski definition) is 5. The van der Waals surface area contributed by atoms with Gasteiger partial charge in [0.05, 0.1) is 30.7 Å². The smallest absolute Gasteiger partial charge is 0.242 e. The molecule has 0 bridgehead atoms. The zero-order valence-electron chi connectivity index (χ0n) is 19.2. The highest BCUT2D eigenvalue weighted by atomic mass is 16.5. The van der Waals surface area contributed by atoms with Crippen LogP contribution < -0.4 is 10.6 Å². The lowest BCUT2D eigenvalue weighted by Gasteiger charge is -2.38. The van der Waals surface area contributed by atoms with Crippen molar-refractivity contribution >= 4 is 17.7 Å². The van der Waals surface area contributed by atoms with E-state index in [4.69, 9.17) is 4.74 Å². The molecule has 0 aromatic rings. The highest BCUT2D eigenvalue weighted by molar-refractivity contribution is 5.89. The van der Waals surface area contributed by atoms with E-state index in [2.05, 4.69) is 24.5 Å². The van der Waals surface area contributed by atoms with Gasteiger partial charge in [-0.05, 0) is 39.7 Å². The molecule has 0 saturated carbocycles. The van der Waals surface area contributed by atoms with Crippen molar-refractivity contribution in [3.05, 3.63) is 0 Å². The minimum Gasteiger partial charge on any atom is -0.379 e. The van der Waals surface area contributed by atoms with E-state index in [0.717, 1.165) is 32.4 Å². The normalized spacial score (nSPS) is 17.6. The highest BCUT2D eigenvalue weighted by Gasteiger charge is 2.35. The van der Waals surface area contributed by atoms with Gasteiger partial charge in [-0.15, -0.1) is 0 Å². The molecule has 0 radical (unpaired) electrons. The maximum absolute atomic E-state index is 12.8. The second-order valence-corrected chi connectivity index (χ2v) is 8.50. The predicted octanol–water partition coefficient (Wildman–Crippen LogP) is 1.00. The van der Waals surface area contributed by atoms with Gasteiger partial charge in [-0.1, -0.05) is 20.3 Å². The molecule has 1 heterocycles. The number of likely N-dealkylation sites (N-methyl/N-ethyl adjacent to an activating group) is 2. The molecule has 8 nitrogen and oxygen atoms in total. The number of likely N-dealkylation sites (tertiary alicyclic amines) is 1. The average molecular weight is 413 g/mol. The van der Waals surface area contributed by atoms with Gasteiger partial charge in [0.25, 0.3) is 0 Å². The van der Waals surface area contributed by atoms with E-state index in [1.165, 1.54) is 0 Å². The van der Waals surface area contributed by atoms with E-state index in [1.807, 2.05) is 4.90 Å². The van der Waals surface area contributed by atoms with Gasteiger partial charge in [-0.3, -0.25) is 14.4 Å². The Morgan fingerprint density at radius 2 is 1.79 bits per heavy atom. The second kappa shape index (κ2) is 11.5. The minimum absolute atomic E-state index is 0.0765. The Balaban J connectivity index is 2.83. The predicted molar refractivity (Wildman–Crippen MR) is 113 cm³/mol. The average Bonchev–Trinajstić information content (AvgIpc) is 3.25. The lowest BCUT2D eigenvalue weighted by atomic mass is 9.90. The summed E-state index contributed by atoms with van der Waals surface area (Å²) in [6.07, 6.45) is 2.79. The van der Waals surface area contributed by atoms with E-state index < -0.39 is 11.6 Å². The molecule has 0 aromatic heterocycles. The largest absolute Gasteiger partial charge is 0.379 e. The molecular formula is C21H40N4O4. The van der Waals surface area contributed by atoms with E-state index in [9.17, 15) is 14.4 Å². The van der Waals surface area contributed by atoms with E-state index in [-0.39, 0.29) is 42.6 Å². The van der Waals surface area contributed by atoms with E-state index in [1.54, 1.807) is 40.0 Å². The van der Waals surface area contributed by atoms with Crippen molar-refractivity contribution in [3.8, 4) is 0 Å². The molecule has 1 aliphatic heterocycles. The minimum atomic E-state index is -0.758. The molecule has 1 fully saturated rings. The first-order chi connectivity index (χ1) is 13.6. The molecule has 8 heteroatoms. The number of carbonyl (C=O) groups is 3. The number of nitrogens with zero attached hydrogens (tertiary/aromatic N) is 2. The summed E-state index contributed by atoms with van der Waals surface area (Å²) < 4.78 is 5.70. The Bertz CT molecular complexity index is 561. The fourth-order valence-corrected chi connectivity index (χ4v) is 3.63. The summed E-state index contributed by atoms with van der Waals surface area (Å²) in [5.41, 5.74) is -0.758. The molecule has 29 heavy (non-hydrogen) atoms. The van der Waals surface area contributed by atoms with Crippen molar-refractivity contribution in [1.82, 2.24) is 20.4 Å². The van der Waals surface area contributed by atoms with Crippen LogP contribution in [-0.4, -0.2) is 86.0 Å². The standard InChI is InChI=1S/C21H40N4O4/c1-8-15(2)19(16(29-7)13-17(26)25-11-9-10-12-25)24(6)18(27)14-23-20(28)21(3,4)22-5/h15-16,19,22H,8-14H2,1-7H3,(H,23,28)/t15-,16+,19-/m0/s1. The van der Waals surface area contributed by atoms with Crippen LogP contribution in [0.25, 0.3) is 0 Å². The van der Waals surface area contributed by atoms with Crippen LogP contribution in [0.4, 0.5) is 0 Å². The fraction of sp³-hybridized carbons (Fsp3) is 0.857. The van der Waals surface area contributed by atoms with Gasteiger partial charge in [-0.25, -0.2) is 0 Å². The topological polar surface area (TPSA) is 91.0 Å². The zero-order chi connectivity index (χ0) is 22.2. The summed E-state index contributed by atoms with van der Waals surface area (Å²) >= 11 is 0. The van der Waals surface area contributed by atoms with Gasteiger partial charge in [0.2, 0.25) is 17.7 Å². The fourth-order valence-electron chi connectivity index (χ4n) is 3.63. The highest BCUT2D eigenvalue weighted by Crippen LogP contribution is 2.23. The van der Waals surface area contributed by atoms with Crippen LogP contribution in [0.1, 0.15) is 53.4 Å². The van der Waals surface area contributed by atoms with Crippen molar-refractivity contribution < 1.29 is 19.1 Å². The Labute approximate surface area is 175 Å². The summed E-state index contributed by atoms with van der Waals surface area (Å²) in [4.78, 5) is 41.2. The maximum atomic E-state index is 12.8. The lowest BCUT2D eigenvalue weighted by molar-refractivity contribution is -0.142. The quantitative estimate of drug-likeness (QED) is 0.528. The van der Waals surface area contributed by atoms with E-state index >= 15 is 0 Å². The summed E-state index contributed by atoms with van der Waals surface area (Å²) in [7, 11) is 5.01. The molecule has 3 atom stereocenters. The van der Waals surface area contributed by atoms with Crippen LogP contribution in [0.3, 0.4) is 0 Å². The van der Waals surface area contributed by atoms with Crippen molar-refractivity contribution in [3.63, 3.8) is 0 Å². The number of hydrogen-bond donors (Lipinski definition) is 2. The van der Waals surface area contributed by atoms with Crippen LogP contribution in [-0.2, 0) is 19.1 Å². The van der Waals surface area contributed by atoms with Crippen LogP contribution in [0, 0.1) is 5.92 Å². The number of amides is 3. The first kappa shape index (κ1) is 25.4. The van der Waals surface area contributed by atoms with Gasteiger partial charge in [0.1, 0.15) is 0 Å². The Kier molecular flexibility index (Phi) is 10.1. The summed E-state index contributed by atoms with van der Waals surface area (Å²) in [6, 6.07) is -0.252. The zero-order valence-corrected chi connectivity index (χ0v) is 19.2. The molecule has 1 saturated heterocycles. The third-order valence-corrected chi connectivity index (χ3v) is 6.18. The van der Waals surface area contributed by atoms with Gasteiger partial charge in [0.15, 0.2) is 0 Å². The van der Waals surface area contributed by atoms with Crippen molar-refractivity contribution in [2.24, 2.45) is 5.92 Å². The Morgan fingerprint density at radius 3 is 2.28 bits per heavy atom. The molecule has 2 N–H and O–H groups in total. The van der Waals surface area contributed by atoms with E-state index in [0.29, 0.717) is 0 Å². The van der Waals surface area contributed by atoms with Gasteiger partial charge < -0.3 is 25.2 Å². The summed E-state index contributed by atoms with van der Waals surface area (Å²) in [6.45, 7) is 9.12. The third kappa shape index (κ3) is 6.96. The van der Waals surface area contributed by atoms with Crippen LogP contribution in [0.2, 0.25) is 0 Å². The molecule has 3 amide bonds. The Morgan fingerprint density at radius 1 is 1.21 bits per heavy atom. The molecule has 1 rings (SSSR count). The molecule has 0 aliphatic carbocycles. The molecule has 168 valence electrons. The summed E-state index contributed by atoms with van der Waals surface area (Å²) in [5.74, 6) is -0.224.